The molecule has 2 aromatic carbocycles. The minimum absolute atomic E-state index is 0.226. The van der Waals surface area contributed by atoms with Gasteiger partial charge in [0.05, 0.1) is 5.56 Å². The molecule has 0 saturated carbocycles. The second-order valence-corrected chi connectivity index (χ2v) is 5.55. The molecule has 0 atom stereocenters. The number of aromatic nitrogens is 1. The average molecular weight is 334 g/mol. The van der Waals surface area contributed by atoms with Gasteiger partial charge >= 0.3 is 0 Å². The van der Waals surface area contributed by atoms with Crippen molar-refractivity contribution in [2.45, 2.75) is 13.2 Å². The van der Waals surface area contributed by atoms with Crippen molar-refractivity contribution in [1.82, 2.24) is 5.32 Å². The van der Waals surface area contributed by atoms with Gasteiger partial charge in [-0.1, -0.05) is 42.5 Å². The molecule has 1 N–H and O–H groups in total. The van der Waals surface area contributed by atoms with Crippen LogP contribution in [0.4, 0.5) is 0 Å². The molecule has 25 heavy (non-hydrogen) atoms. The number of amides is 1. The van der Waals surface area contributed by atoms with Crippen molar-refractivity contribution in [1.29, 1.82) is 0 Å². The fraction of sp³-hybridized carbons (Fsp3) is 0.100. The molecule has 0 unspecified atom stereocenters. The molecule has 0 aliphatic rings. The standard InChI is InChI=1S/C20H18N2O3/c23-20(18-9-11-22(24)12-10-18)21-14-17-7-4-8-19(13-17)25-15-16-5-2-1-3-6-16/h1-13H,14-15H2,(H,21,23). The molecule has 1 heterocycles. The van der Waals surface area contributed by atoms with Crippen LogP contribution in [0.5, 0.6) is 5.75 Å². The molecule has 0 radical (unpaired) electrons. The number of hydrogen-bond donors (Lipinski definition) is 1. The van der Waals surface area contributed by atoms with Gasteiger partial charge in [-0.05, 0) is 23.3 Å². The van der Waals surface area contributed by atoms with Crippen molar-refractivity contribution in [2.75, 3.05) is 0 Å². The van der Waals surface area contributed by atoms with Gasteiger partial charge in [0, 0.05) is 18.7 Å². The largest absolute Gasteiger partial charge is 0.619 e. The maximum Gasteiger partial charge on any atom is 0.252 e. The molecule has 1 aromatic heterocycles. The van der Waals surface area contributed by atoms with E-state index in [0.717, 1.165) is 16.9 Å². The van der Waals surface area contributed by atoms with Crippen molar-refractivity contribution in [3.05, 3.63) is 101 Å². The molecule has 126 valence electrons. The van der Waals surface area contributed by atoms with Crippen LogP contribution in [-0.2, 0) is 13.2 Å². The number of benzene rings is 2. The number of pyridine rings is 1. The summed E-state index contributed by atoms with van der Waals surface area (Å²) < 4.78 is 6.43. The minimum Gasteiger partial charge on any atom is -0.619 e. The number of nitrogens with one attached hydrogen (secondary N) is 1. The van der Waals surface area contributed by atoms with Gasteiger partial charge in [-0.2, -0.15) is 4.73 Å². The van der Waals surface area contributed by atoms with E-state index in [4.69, 9.17) is 4.74 Å². The molecule has 3 rings (SSSR count). The molecular formula is C20H18N2O3. The van der Waals surface area contributed by atoms with E-state index in [1.807, 2.05) is 54.6 Å². The van der Waals surface area contributed by atoms with Crippen LogP contribution in [0.25, 0.3) is 0 Å². The van der Waals surface area contributed by atoms with Gasteiger partial charge in [0.2, 0.25) is 0 Å². The van der Waals surface area contributed by atoms with Crippen LogP contribution < -0.4 is 14.8 Å². The summed E-state index contributed by atoms with van der Waals surface area (Å²) in [6.45, 7) is 0.878. The van der Waals surface area contributed by atoms with Crippen LogP contribution in [0.1, 0.15) is 21.5 Å². The Morgan fingerprint density at radius 1 is 0.960 bits per heavy atom. The SMILES string of the molecule is O=C(NCc1cccc(OCc2ccccc2)c1)c1cc[n+]([O-])cc1. The van der Waals surface area contributed by atoms with E-state index in [1.54, 1.807) is 0 Å². The van der Waals surface area contributed by atoms with Crippen LogP contribution in [0.2, 0.25) is 0 Å². The Morgan fingerprint density at radius 2 is 1.68 bits per heavy atom. The Labute approximate surface area is 146 Å². The minimum atomic E-state index is -0.226. The Balaban J connectivity index is 1.56. The summed E-state index contributed by atoms with van der Waals surface area (Å²) in [6.07, 6.45) is 2.60. The molecular weight excluding hydrogens is 316 g/mol. The summed E-state index contributed by atoms with van der Waals surface area (Å²) >= 11 is 0. The summed E-state index contributed by atoms with van der Waals surface area (Å²) in [5.41, 5.74) is 2.48. The zero-order valence-corrected chi connectivity index (χ0v) is 13.6. The second kappa shape index (κ2) is 7.97. The van der Waals surface area contributed by atoms with Gasteiger partial charge in [0.15, 0.2) is 12.4 Å². The topological polar surface area (TPSA) is 65.3 Å². The highest BCUT2D eigenvalue weighted by Gasteiger charge is 2.07. The normalized spacial score (nSPS) is 10.2. The number of ether oxygens (including phenoxy) is 1. The van der Waals surface area contributed by atoms with E-state index in [2.05, 4.69) is 5.32 Å². The fourth-order valence-corrected chi connectivity index (χ4v) is 2.33. The van der Waals surface area contributed by atoms with Crippen molar-refractivity contribution in [3.8, 4) is 5.75 Å². The van der Waals surface area contributed by atoms with Crippen LogP contribution in [-0.4, -0.2) is 5.91 Å². The molecule has 0 aliphatic heterocycles. The van der Waals surface area contributed by atoms with Gasteiger partial charge < -0.3 is 15.3 Å². The lowest BCUT2D eigenvalue weighted by molar-refractivity contribution is -0.605. The molecule has 0 bridgehead atoms. The lowest BCUT2D eigenvalue weighted by atomic mass is 10.2. The molecule has 1 amide bonds. The number of rotatable bonds is 6. The van der Waals surface area contributed by atoms with Crippen molar-refractivity contribution in [2.24, 2.45) is 0 Å². The third-order valence-electron chi connectivity index (χ3n) is 3.66. The number of carbonyl (C=O) groups is 1. The van der Waals surface area contributed by atoms with Crippen molar-refractivity contribution in [3.63, 3.8) is 0 Å². The Hall–Kier alpha value is -3.34. The monoisotopic (exact) mass is 334 g/mol. The van der Waals surface area contributed by atoms with Gasteiger partial charge in [-0.3, -0.25) is 4.79 Å². The smallest absolute Gasteiger partial charge is 0.252 e. The van der Waals surface area contributed by atoms with Gasteiger partial charge in [-0.15, -0.1) is 0 Å². The van der Waals surface area contributed by atoms with Crippen LogP contribution in [0.15, 0.2) is 79.1 Å². The van der Waals surface area contributed by atoms with Gasteiger partial charge in [0.1, 0.15) is 12.4 Å². The summed E-state index contributed by atoms with van der Waals surface area (Å²) in [4.78, 5) is 12.1. The fourth-order valence-electron chi connectivity index (χ4n) is 2.33. The first-order valence-electron chi connectivity index (χ1n) is 7.93. The quantitative estimate of drug-likeness (QED) is 0.557. The van der Waals surface area contributed by atoms with Gasteiger partial charge in [-0.25, -0.2) is 0 Å². The maximum absolute atomic E-state index is 12.1. The molecule has 0 fully saturated rings. The lowest BCUT2D eigenvalue weighted by Gasteiger charge is -2.09. The maximum atomic E-state index is 12.1. The third-order valence-corrected chi connectivity index (χ3v) is 3.66. The van der Waals surface area contributed by atoms with E-state index in [9.17, 15) is 10.0 Å². The van der Waals surface area contributed by atoms with Crippen molar-refractivity contribution < 1.29 is 14.3 Å². The molecule has 0 aliphatic carbocycles. The molecule has 3 aromatic rings. The number of hydrogen-bond acceptors (Lipinski definition) is 3. The van der Waals surface area contributed by atoms with E-state index in [1.165, 1.54) is 24.5 Å². The number of nitrogens with zero attached hydrogens (tertiary/aromatic N) is 1. The Morgan fingerprint density at radius 3 is 2.44 bits per heavy atom. The zero-order valence-electron chi connectivity index (χ0n) is 13.6. The molecule has 0 spiro atoms. The summed E-state index contributed by atoms with van der Waals surface area (Å²) in [6, 6.07) is 20.5. The third kappa shape index (κ3) is 4.81. The van der Waals surface area contributed by atoms with E-state index < -0.39 is 0 Å². The molecule has 5 heteroatoms. The zero-order chi connectivity index (χ0) is 17.5. The first-order chi connectivity index (χ1) is 12.2. The first-order valence-corrected chi connectivity index (χ1v) is 7.93. The van der Waals surface area contributed by atoms with E-state index >= 15 is 0 Å². The summed E-state index contributed by atoms with van der Waals surface area (Å²) in [5.74, 6) is 0.527. The van der Waals surface area contributed by atoms with E-state index in [0.29, 0.717) is 23.4 Å². The summed E-state index contributed by atoms with van der Waals surface area (Å²) in [7, 11) is 0. The lowest BCUT2D eigenvalue weighted by Crippen LogP contribution is -2.27. The highest BCUT2D eigenvalue weighted by Crippen LogP contribution is 2.15. The first kappa shape index (κ1) is 16.5. The van der Waals surface area contributed by atoms with Crippen molar-refractivity contribution >= 4 is 5.91 Å². The highest BCUT2D eigenvalue weighted by atomic mass is 16.5. The van der Waals surface area contributed by atoms with Crippen LogP contribution in [0, 0.1) is 5.21 Å². The second-order valence-electron chi connectivity index (χ2n) is 5.55. The predicted molar refractivity (Wildman–Crippen MR) is 93.8 cm³/mol. The predicted octanol–water partition coefficient (Wildman–Crippen LogP) is 2.83. The highest BCUT2D eigenvalue weighted by molar-refractivity contribution is 5.93. The average Bonchev–Trinajstić information content (AvgIpc) is 2.66. The van der Waals surface area contributed by atoms with Crippen LogP contribution >= 0.6 is 0 Å². The number of carbonyl (C=O) groups excluding carboxylic acids is 1. The van der Waals surface area contributed by atoms with Gasteiger partial charge in [0.25, 0.3) is 5.91 Å². The van der Waals surface area contributed by atoms with Crippen LogP contribution in [0.3, 0.4) is 0 Å². The molecule has 5 nitrogen and oxygen atoms in total. The van der Waals surface area contributed by atoms with E-state index in [-0.39, 0.29) is 5.91 Å². The summed E-state index contributed by atoms with van der Waals surface area (Å²) in [5, 5.41) is 13.8. The Bertz CT molecular complexity index is 833. The molecule has 0 saturated heterocycles. The Kier molecular flexibility index (Phi) is 5.26.